The summed E-state index contributed by atoms with van der Waals surface area (Å²) in [6.07, 6.45) is 0. The van der Waals surface area contributed by atoms with Crippen molar-refractivity contribution in [2.75, 3.05) is 13.7 Å². The van der Waals surface area contributed by atoms with Crippen LogP contribution in [0.15, 0.2) is 23.2 Å². The highest BCUT2D eigenvalue weighted by atomic mass is 127. The molecule has 0 aromatic heterocycles. The fraction of sp³-hybridized carbons (Fsp3) is 0.500. The molecule has 3 N–H and O–H groups in total. The van der Waals surface area contributed by atoms with Crippen molar-refractivity contribution in [1.82, 2.24) is 5.32 Å². The lowest BCUT2D eigenvalue weighted by atomic mass is 10.2. The van der Waals surface area contributed by atoms with E-state index in [9.17, 15) is 0 Å². The van der Waals surface area contributed by atoms with Gasteiger partial charge in [0.15, 0.2) is 17.5 Å². The maximum atomic E-state index is 5.75. The van der Waals surface area contributed by atoms with Crippen molar-refractivity contribution in [2.45, 2.75) is 33.4 Å². The first-order chi connectivity index (χ1) is 9.06. The second kappa shape index (κ2) is 9.68. The van der Waals surface area contributed by atoms with Crippen LogP contribution in [-0.4, -0.2) is 25.7 Å². The summed E-state index contributed by atoms with van der Waals surface area (Å²) >= 11 is 0. The Balaban J connectivity index is 0.00000361. The summed E-state index contributed by atoms with van der Waals surface area (Å²) in [4.78, 5) is 4.27. The zero-order valence-corrected chi connectivity index (χ0v) is 14.8. The topological polar surface area (TPSA) is 68.9 Å². The van der Waals surface area contributed by atoms with Gasteiger partial charge in [-0.25, -0.2) is 4.99 Å². The molecule has 0 aliphatic carbocycles. The molecule has 0 unspecified atom stereocenters. The van der Waals surface area contributed by atoms with E-state index in [0.717, 1.165) is 11.3 Å². The van der Waals surface area contributed by atoms with E-state index in [4.69, 9.17) is 15.2 Å². The maximum Gasteiger partial charge on any atom is 0.189 e. The molecule has 6 heteroatoms. The van der Waals surface area contributed by atoms with Crippen LogP contribution in [0.5, 0.6) is 11.5 Å². The summed E-state index contributed by atoms with van der Waals surface area (Å²) in [5.74, 6) is 1.90. The molecule has 0 aliphatic heterocycles. The van der Waals surface area contributed by atoms with Crippen molar-refractivity contribution in [1.29, 1.82) is 0 Å². The highest BCUT2D eigenvalue weighted by Crippen LogP contribution is 2.28. The van der Waals surface area contributed by atoms with Gasteiger partial charge in [-0.2, -0.15) is 0 Å². The summed E-state index contributed by atoms with van der Waals surface area (Å²) in [5.41, 5.74) is 6.78. The zero-order valence-electron chi connectivity index (χ0n) is 12.5. The highest BCUT2D eigenvalue weighted by molar-refractivity contribution is 14.0. The molecular formula is C14H24IN3O2. The first kappa shape index (κ1) is 18.8. The average molecular weight is 393 g/mol. The Bertz CT molecular complexity index is 436. The minimum Gasteiger partial charge on any atom is -0.493 e. The molecule has 0 bridgehead atoms. The molecule has 5 nitrogen and oxygen atoms in total. The van der Waals surface area contributed by atoms with Crippen molar-refractivity contribution < 1.29 is 9.47 Å². The Morgan fingerprint density at radius 1 is 1.35 bits per heavy atom. The predicted molar refractivity (Wildman–Crippen MR) is 93.2 cm³/mol. The van der Waals surface area contributed by atoms with Crippen molar-refractivity contribution >= 4 is 29.9 Å². The lowest BCUT2D eigenvalue weighted by molar-refractivity contribution is 0.310. The van der Waals surface area contributed by atoms with Crippen LogP contribution in [0.1, 0.15) is 26.3 Å². The Labute approximate surface area is 138 Å². The van der Waals surface area contributed by atoms with Crippen LogP contribution >= 0.6 is 24.0 Å². The summed E-state index contributed by atoms with van der Waals surface area (Å²) in [5, 5.41) is 3.05. The van der Waals surface area contributed by atoms with Crippen LogP contribution in [0, 0.1) is 0 Å². The van der Waals surface area contributed by atoms with Gasteiger partial charge in [-0.15, -0.1) is 24.0 Å². The number of hydrogen-bond acceptors (Lipinski definition) is 3. The molecule has 1 aromatic rings. The van der Waals surface area contributed by atoms with Crippen LogP contribution in [0.2, 0.25) is 0 Å². The van der Waals surface area contributed by atoms with Gasteiger partial charge in [0.2, 0.25) is 0 Å². The number of methoxy groups -OCH3 is 1. The lowest BCUT2D eigenvalue weighted by Crippen LogP contribution is -2.36. The summed E-state index contributed by atoms with van der Waals surface area (Å²) in [7, 11) is 1.62. The van der Waals surface area contributed by atoms with Crippen molar-refractivity contribution in [3.05, 3.63) is 23.8 Å². The SMILES string of the molecule is CCOc1ccc(CN=C(N)NC(C)C)cc1OC.I. The van der Waals surface area contributed by atoms with Gasteiger partial charge in [-0.1, -0.05) is 6.07 Å². The molecule has 1 rings (SSSR count). The summed E-state index contributed by atoms with van der Waals surface area (Å²) in [6, 6.07) is 6.04. The number of halogens is 1. The molecule has 0 saturated carbocycles. The molecular weight excluding hydrogens is 369 g/mol. The smallest absolute Gasteiger partial charge is 0.189 e. The van der Waals surface area contributed by atoms with Crippen LogP contribution in [0.25, 0.3) is 0 Å². The maximum absolute atomic E-state index is 5.75. The third kappa shape index (κ3) is 6.31. The van der Waals surface area contributed by atoms with Gasteiger partial charge in [0.25, 0.3) is 0 Å². The molecule has 0 amide bonds. The molecule has 20 heavy (non-hydrogen) atoms. The normalized spacial score (nSPS) is 10.9. The molecule has 1 aromatic carbocycles. The Morgan fingerprint density at radius 2 is 2.05 bits per heavy atom. The molecule has 0 fully saturated rings. The fourth-order valence-electron chi connectivity index (χ4n) is 1.60. The molecule has 0 atom stereocenters. The Hall–Kier alpha value is -1.18. The first-order valence-electron chi connectivity index (χ1n) is 6.43. The molecule has 114 valence electrons. The van der Waals surface area contributed by atoms with Crippen LogP contribution in [0.4, 0.5) is 0 Å². The third-order valence-electron chi connectivity index (χ3n) is 2.40. The van der Waals surface area contributed by atoms with E-state index in [-0.39, 0.29) is 30.0 Å². The number of nitrogens with one attached hydrogen (secondary N) is 1. The van der Waals surface area contributed by atoms with Gasteiger partial charge < -0.3 is 20.5 Å². The number of hydrogen-bond donors (Lipinski definition) is 2. The van der Waals surface area contributed by atoms with E-state index in [0.29, 0.717) is 24.9 Å². The van der Waals surface area contributed by atoms with Crippen LogP contribution < -0.4 is 20.5 Å². The van der Waals surface area contributed by atoms with E-state index in [2.05, 4.69) is 10.3 Å². The first-order valence-corrected chi connectivity index (χ1v) is 6.43. The predicted octanol–water partition coefficient (Wildman–Crippen LogP) is 2.52. The second-order valence-electron chi connectivity index (χ2n) is 4.42. The lowest BCUT2D eigenvalue weighted by Gasteiger charge is -2.11. The van der Waals surface area contributed by atoms with Gasteiger partial charge in [0, 0.05) is 6.04 Å². The largest absolute Gasteiger partial charge is 0.493 e. The number of nitrogens with zero attached hydrogens (tertiary/aromatic N) is 1. The average Bonchev–Trinajstić information content (AvgIpc) is 2.37. The van der Waals surface area contributed by atoms with E-state index in [1.165, 1.54) is 0 Å². The highest BCUT2D eigenvalue weighted by Gasteiger charge is 2.05. The minimum absolute atomic E-state index is 0. The molecule has 0 radical (unpaired) electrons. The van der Waals surface area contributed by atoms with Gasteiger partial charge in [-0.3, -0.25) is 0 Å². The number of aliphatic imine (C=N–C) groups is 1. The molecule has 0 spiro atoms. The number of nitrogens with two attached hydrogens (primary N) is 1. The van der Waals surface area contributed by atoms with E-state index < -0.39 is 0 Å². The van der Waals surface area contributed by atoms with Crippen molar-refractivity contribution in [2.24, 2.45) is 10.7 Å². The number of ether oxygens (including phenoxy) is 2. The molecule has 0 saturated heterocycles. The zero-order chi connectivity index (χ0) is 14.3. The van der Waals surface area contributed by atoms with E-state index in [1.54, 1.807) is 7.11 Å². The Morgan fingerprint density at radius 3 is 2.60 bits per heavy atom. The molecule has 0 heterocycles. The van der Waals surface area contributed by atoms with Gasteiger partial charge >= 0.3 is 0 Å². The van der Waals surface area contributed by atoms with Gasteiger partial charge in [-0.05, 0) is 38.5 Å². The standard InChI is InChI=1S/C14H23N3O2.HI/c1-5-19-12-7-6-11(8-13(12)18-4)9-16-14(15)17-10(2)3;/h6-8,10H,5,9H2,1-4H3,(H3,15,16,17);1H. The molecule has 0 aliphatic rings. The second-order valence-corrected chi connectivity index (χ2v) is 4.42. The van der Waals surface area contributed by atoms with Crippen LogP contribution in [-0.2, 0) is 6.54 Å². The monoisotopic (exact) mass is 393 g/mol. The number of benzene rings is 1. The summed E-state index contributed by atoms with van der Waals surface area (Å²) in [6.45, 7) is 7.09. The minimum atomic E-state index is 0. The fourth-order valence-corrected chi connectivity index (χ4v) is 1.60. The number of guanidine groups is 1. The summed E-state index contributed by atoms with van der Waals surface area (Å²) < 4.78 is 10.8. The third-order valence-corrected chi connectivity index (χ3v) is 2.40. The van der Waals surface area contributed by atoms with Crippen molar-refractivity contribution in [3.63, 3.8) is 0 Å². The van der Waals surface area contributed by atoms with Crippen LogP contribution in [0.3, 0.4) is 0 Å². The number of rotatable bonds is 6. The van der Waals surface area contributed by atoms with E-state index in [1.807, 2.05) is 39.0 Å². The quantitative estimate of drug-likeness (QED) is 0.443. The van der Waals surface area contributed by atoms with Gasteiger partial charge in [0.1, 0.15) is 0 Å². The Kier molecular flexibility index (Phi) is 9.11. The van der Waals surface area contributed by atoms with Gasteiger partial charge in [0.05, 0.1) is 20.3 Å². The van der Waals surface area contributed by atoms with E-state index >= 15 is 0 Å². The van der Waals surface area contributed by atoms with Crippen molar-refractivity contribution in [3.8, 4) is 11.5 Å².